The normalized spacial score (nSPS) is 13.7. The molecule has 4 N–H and O–H groups in total. The van der Waals surface area contributed by atoms with E-state index in [-0.39, 0.29) is 5.56 Å². The number of nitrogens with zero attached hydrogens (tertiary/aromatic N) is 7. The number of nitrogens with one attached hydrogen (secondary N) is 1. The molecule has 12 nitrogen and oxygen atoms in total. The zero-order valence-electron chi connectivity index (χ0n) is 18.9. The number of carbonyl (C=O) groups excluding carboxylic acids is 1. The summed E-state index contributed by atoms with van der Waals surface area (Å²) in [5, 5.41) is 8.76. The molecule has 5 rings (SSSR count). The molecule has 4 aromatic heterocycles. The highest BCUT2D eigenvalue weighted by Crippen LogP contribution is 2.35. The van der Waals surface area contributed by atoms with Crippen LogP contribution in [0.25, 0.3) is 21.6 Å². The highest BCUT2D eigenvalue weighted by molar-refractivity contribution is 7.19. The first kappa shape index (κ1) is 22.8. The topological polar surface area (TPSA) is 156 Å². The Kier molecular flexibility index (Phi) is 6.35. The molecule has 0 aromatic carbocycles. The number of pyridine rings is 1. The number of hydroxylamine groups is 1. The fourth-order valence-corrected chi connectivity index (χ4v) is 4.87. The molecule has 0 atom stereocenters. The monoisotopic (exact) mass is 493 g/mol. The second kappa shape index (κ2) is 9.74. The van der Waals surface area contributed by atoms with E-state index in [1.165, 1.54) is 12.4 Å². The van der Waals surface area contributed by atoms with Crippen molar-refractivity contribution in [1.29, 1.82) is 0 Å². The molecule has 0 radical (unpaired) electrons. The van der Waals surface area contributed by atoms with Gasteiger partial charge in [0.1, 0.15) is 5.82 Å². The van der Waals surface area contributed by atoms with E-state index in [4.69, 9.17) is 25.6 Å². The molecular formula is C22H23N9O3S. The van der Waals surface area contributed by atoms with Crippen LogP contribution in [-0.4, -0.2) is 69.4 Å². The third-order valence-electron chi connectivity index (χ3n) is 5.50. The minimum atomic E-state index is -0.662. The Morgan fingerprint density at radius 1 is 1.20 bits per heavy atom. The van der Waals surface area contributed by atoms with E-state index in [0.29, 0.717) is 37.3 Å². The number of ether oxygens (including phenoxy) is 1. The Morgan fingerprint density at radius 3 is 2.66 bits per heavy atom. The molecule has 0 spiro atoms. The van der Waals surface area contributed by atoms with E-state index in [0.717, 1.165) is 39.6 Å². The zero-order chi connectivity index (χ0) is 24.4. The molecule has 1 fully saturated rings. The summed E-state index contributed by atoms with van der Waals surface area (Å²) in [6, 6.07) is 5.65. The summed E-state index contributed by atoms with van der Waals surface area (Å²) in [4.78, 5) is 39.0. The number of fused-ring (bicyclic) bond motifs is 1. The lowest BCUT2D eigenvalue weighted by Crippen LogP contribution is -2.36. The summed E-state index contributed by atoms with van der Waals surface area (Å²) in [6.07, 6.45) is 4.41. The minimum Gasteiger partial charge on any atom is -0.384 e. The largest absolute Gasteiger partial charge is 0.384 e. The lowest BCUT2D eigenvalue weighted by atomic mass is 10.2. The maximum absolute atomic E-state index is 11.5. The number of hydrogen-bond acceptors (Lipinski definition) is 12. The molecule has 4 aromatic rings. The van der Waals surface area contributed by atoms with Gasteiger partial charge in [0.15, 0.2) is 11.6 Å². The first-order valence-electron chi connectivity index (χ1n) is 10.8. The van der Waals surface area contributed by atoms with E-state index in [9.17, 15) is 4.79 Å². The smallest absolute Gasteiger partial charge is 0.277 e. The summed E-state index contributed by atoms with van der Waals surface area (Å²) in [5.74, 6) is 1.69. The Balaban J connectivity index is 1.47. The molecule has 180 valence electrons. The molecule has 1 aliphatic rings. The molecule has 13 heteroatoms. The fraction of sp³-hybridized carbons (Fsp3) is 0.273. The molecule has 35 heavy (non-hydrogen) atoms. The molecule has 5 heterocycles. The van der Waals surface area contributed by atoms with Gasteiger partial charge in [-0.05, 0) is 18.2 Å². The molecule has 0 saturated carbocycles. The Bertz CT molecular complexity index is 1340. The van der Waals surface area contributed by atoms with Crippen LogP contribution >= 0.6 is 11.3 Å². The predicted molar refractivity (Wildman–Crippen MR) is 131 cm³/mol. The number of amides is 1. The van der Waals surface area contributed by atoms with Gasteiger partial charge in [-0.25, -0.2) is 30.4 Å². The highest BCUT2D eigenvalue weighted by atomic mass is 32.1. The van der Waals surface area contributed by atoms with E-state index in [1.807, 2.05) is 24.1 Å². The molecule has 0 unspecified atom stereocenters. The van der Waals surface area contributed by atoms with Gasteiger partial charge in [-0.2, -0.15) is 0 Å². The number of rotatable bonds is 6. The second-order valence-electron chi connectivity index (χ2n) is 7.94. The molecule has 0 aliphatic carbocycles. The van der Waals surface area contributed by atoms with Crippen LogP contribution in [-0.2, 0) is 11.3 Å². The van der Waals surface area contributed by atoms with Crippen molar-refractivity contribution in [3.63, 3.8) is 0 Å². The van der Waals surface area contributed by atoms with Crippen molar-refractivity contribution in [2.45, 2.75) is 6.54 Å². The summed E-state index contributed by atoms with van der Waals surface area (Å²) >= 11 is 1.62. The fourth-order valence-electron chi connectivity index (χ4n) is 3.70. The molecular weight excluding hydrogens is 470 g/mol. The number of anilines is 3. The average Bonchev–Trinajstić information content (AvgIpc) is 3.31. The number of hydrogen-bond donors (Lipinski definition) is 3. The Morgan fingerprint density at radius 2 is 1.97 bits per heavy atom. The van der Waals surface area contributed by atoms with E-state index < -0.39 is 5.91 Å². The Labute approximate surface area is 204 Å². The number of carbonyl (C=O) groups is 1. The number of thiophene rings is 1. The van der Waals surface area contributed by atoms with Crippen LogP contribution in [0.1, 0.15) is 15.2 Å². The van der Waals surface area contributed by atoms with Gasteiger partial charge in [0.05, 0.1) is 35.5 Å². The highest BCUT2D eigenvalue weighted by Gasteiger charge is 2.21. The lowest BCUT2D eigenvalue weighted by Gasteiger charge is -2.28. The van der Waals surface area contributed by atoms with E-state index in [1.54, 1.807) is 29.1 Å². The first-order valence-corrected chi connectivity index (χ1v) is 11.7. The standard InChI is InChI=1S/C22H23N9O3S/c1-30(22-25-10-14(11-26-22)21(32)29-33)12-15-8-16-18(35-15)20(31-4-6-34-7-5-31)28-19(27-16)13-2-3-17(23)24-9-13/h2-3,8-11,33H,4-7,12H2,1H3,(H2,23,24)(H,29,32). The van der Waals surface area contributed by atoms with Crippen molar-refractivity contribution in [2.75, 3.05) is 48.9 Å². The SMILES string of the molecule is CN(Cc1cc2nc(-c3ccc(N)nc3)nc(N3CCOCC3)c2s1)c1ncc(C(=O)NO)cn1. The summed E-state index contributed by atoms with van der Waals surface area (Å²) in [7, 11) is 1.87. The van der Waals surface area contributed by atoms with Gasteiger partial charge in [-0.1, -0.05) is 0 Å². The van der Waals surface area contributed by atoms with Gasteiger partial charge in [-0.3, -0.25) is 10.0 Å². The van der Waals surface area contributed by atoms with Gasteiger partial charge >= 0.3 is 0 Å². The molecule has 1 saturated heterocycles. The van der Waals surface area contributed by atoms with Gasteiger partial charge in [-0.15, -0.1) is 11.3 Å². The number of nitrogens with two attached hydrogens (primary N) is 1. The van der Waals surface area contributed by atoms with E-state index >= 15 is 0 Å². The van der Waals surface area contributed by atoms with Crippen molar-refractivity contribution < 1.29 is 14.7 Å². The molecule has 1 aliphatic heterocycles. The van der Waals surface area contributed by atoms with Crippen LogP contribution < -0.4 is 21.0 Å². The van der Waals surface area contributed by atoms with Crippen LogP contribution in [0.15, 0.2) is 36.8 Å². The maximum atomic E-state index is 11.5. The quantitative estimate of drug-likeness (QED) is 0.265. The predicted octanol–water partition coefficient (Wildman–Crippen LogP) is 1.72. The first-order chi connectivity index (χ1) is 17.0. The van der Waals surface area contributed by atoms with Crippen LogP contribution in [0.4, 0.5) is 17.6 Å². The second-order valence-corrected chi connectivity index (χ2v) is 9.07. The summed E-state index contributed by atoms with van der Waals surface area (Å²) in [6.45, 7) is 3.33. The van der Waals surface area contributed by atoms with Crippen molar-refractivity contribution in [3.8, 4) is 11.4 Å². The third-order valence-corrected chi connectivity index (χ3v) is 6.60. The van der Waals surface area contributed by atoms with Gasteiger partial charge in [0.2, 0.25) is 5.95 Å². The van der Waals surface area contributed by atoms with Crippen LogP contribution in [0.2, 0.25) is 0 Å². The van der Waals surface area contributed by atoms with E-state index in [2.05, 4.69) is 19.9 Å². The number of morpholine rings is 1. The summed E-state index contributed by atoms with van der Waals surface area (Å²) < 4.78 is 6.53. The zero-order valence-corrected chi connectivity index (χ0v) is 19.7. The van der Waals surface area contributed by atoms with Crippen molar-refractivity contribution in [1.82, 2.24) is 30.4 Å². The van der Waals surface area contributed by atoms with Gasteiger partial charge < -0.3 is 20.3 Å². The third kappa shape index (κ3) is 4.82. The van der Waals surface area contributed by atoms with Crippen molar-refractivity contribution in [3.05, 3.63) is 47.2 Å². The molecule has 0 bridgehead atoms. The van der Waals surface area contributed by atoms with Crippen molar-refractivity contribution in [2.24, 2.45) is 0 Å². The average molecular weight is 494 g/mol. The maximum Gasteiger partial charge on any atom is 0.277 e. The minimum absolute atomic E-state index is 0.168. The van der Waals surface area contributed by atoms with Crippen LogP contribution in [0.5, 0.6) is 0 Å². The van der Waals surface area contributed by atoms with Gasteiger partial charge in [0, 0.05) is 49.2 Å². The lowest BCUT2D eigenvalue weighted by molar-refractivity contribution is 0.0705. The van der Waals surface area contributed by atoms with Gasteiger partial charge in [0.25, 0.3) is 5.91 Å². The molecule has 1 amide bonds. The number of nitrogen functional groups attached to an aromatic ring is 1. The number of aromatic nitrogens is 5. The van der Waals surface area contributed by atoms with Crippen LogP contribution in [0, 0.1) is 0 Å². The summed E-state index contributed by atoms with van der Waals surface area (Å²) in [5.41, 5.74) is 9.13. The van der Waals surface area contributed by atoms with Crippen molar-refractivity contribution >= 4 is 45.0 Å². The Hall–Kier alpha value is -3.94. The van der Waals surface area contributed by atoms with Crippen LogP contribution in [0.3, 0.4) is 0 Å².